The van der Waals surface area contributed by atoms with E-state index in [1.165, 1.54) is 65.0 Å². The van der Waals surface area contributed by atoms with Gasteiger partial charge in [-0.25, -0.2) is 0 Å². The molecule has 0 bridgehead atoms. The molecule has 48 heavy (non-hydrogen) atoms. The second kappa shape index (κ2) is 12.7. The van der Waals surface area contributed by atoms with Gasteiger partial charge in [0.15, 0.2) is 0 Å². The molecule has 6 aromatic rings. The van der Waals surface area contributed by atoms with Crippen molar-refractivity contribution in [2.45, 2.75) is 116 Å². The molecule has 6 rings (SSSR count). The second-order valence-corrected chi connectivity index (χ2v) is 27.4. The molecular formula is C46H54Si2. The minimum absolute atomic E-state index is 0.569. The van der Waals surface area contributed by atoms with E-state index in [1.807, 2.05) is 0 Å². The van der Waals surface area contributed by atoms with E-state index in [9.17, 15) is 0 Å². The van der Waals surface area contributed by atoms with Crippen molar-refractivity contribution < 1.29 is 0 Å². The van der Waals surface area contributed by atoms with Crippen LogP contribution in [0.3, 0.4) is 0 Å². The summed E-state index contributed by atoms with van der Waals surface area (Å²) in [5, 5.41) is 12.9. The smallest absolute Gasteiger partial charge is 0.125 e. The average Bonchev–Trinajstić information content (AvgIpc) is 3.03. The van der Waals surface area contributed by atoms with Gasteiger partial charge < -0.3 is 0 Å². The quantitative estimate of drug-likeness (QED) is 0.0720. The van der Waals surface area contributed by atoms with Crippen LogP contribution in [-0.4, -0.2) is 16.1 Å². The van der Waals surface area contributed by atoms with E-state index < -0.39 is 16.1 Å². The predicted octanol–water partition coefficient (Wildman–Crippen LogP) is 14.0. The highest BCUT2D eigenvalue weighted by atomic mass is 28.3. The minimum Gasteiger partial charge on any atom is -0.125 e. The van der Waals surface area contributed by atoms with Crippen molar-refractivity contribution in [3.8, 4) is 22.9 Å². The molecular weight excluding hydrogens is 609 g/mol. The molecule has 0 spiro atoms. The Balaban J connectivity index is 1.86. The Bertz CT molecular complexity index is 2220. The third-order valence-corrected chi connectivity index (χ3v) is 24.8. The van der Waals surface area contributed by atoms with E-state index in [0.29, 0.717) is 33.2 Å². The van der Waals surface area contributed by atoms with Gasteiger partial charge in [-0.05, 0) is 82.4 Å². The molecule has 0 fully saturated rings. The zero-order valence-corrected chi connectivity index (χ0v) is 33.4. The summed E-state index contributed by atoms with van der Waals surface area (Å²) in [5.41, 5.74) is 14.0. The number of hydrogen-bond acceptors (Lipinski definition) is 0. The molecule has 0 N–H and O–H groups in total. The molecule has 0 aliphatic rings. The van der Waals surface area contributed by atoms with Crippen molar-refractivity contribution in [2.24, 2.45) is 0 Å². The fraction of sp³-hybridized carbons (Fsp3) is 0.391. The lowest BCUT2D eigenvalue weighted by atomic mass is 9.85. The summed E-state index contributed by atoms with van der Waals surface area (Å²) in [7, 11) is -3.97. The summed E-state index contributed by atoms with van der Waals surface area (Å²) in [6.07, 6.45) is 0. The lowest BCUT2D eigenvalue weighted by molar-refractivity contribution is 0.838. The Kier molecular flexibility index (Phi) is 9.08. The monoisotopic (exact) mass is 662 g/mol. The number of rotatable bonds is 6. The molecule has 2 heteroatoms. The van der Waals surface area contributed by atoms with Crippen LogP contribution in [0.25, 0.3) is 53.9 Å². The van der Waals surface area contributed by atoms with Crippen molar-refractivity contribution in [1.82, 2.24) is 0 Å². The van der Waals surface area contributed by atoms with Gasteiger partial charge in [0.25, 0.3) is 0 Å². The molecule has 0 saturated heterocycles. The van der Waals surface area contributed by atoms with Gasteiger partial charge in [0, 0.05) is 21.9 Å². The van der Waals surface area contributed by atoms with Crippen LogP contribution in [-0.2, 0) is 0 Å². The first kappa shape index (κ1) is 34.3. The lowest BCUT2D eigenvalue weighted by Crippen LogP contribution is -2.43. The Morgan fingerprint density at radius 2 is 0.812 bits per heavy atom. The summed E-state index contributed by atoms with van der Waals surface area (Å²) in [6.45, 7) is 29.0. The fourth-order valence-electron chi connectivity index (χ4n) is 9.95. The van der Waals surface area contributed by atoms with Crippen LogP contribution in [0.15, 0.2) is 72.8 Å². The topological polar surface area (TPSA) is 0 Å². The van der Waals surface area contributed by atoms with Gasteiger partial charge in [-0.3, -0.25) is 0 Å². The highest BCUT2D eigenvalue weighted by Crippen LogP contribution is 2.45. The molecule has 0 aromatic heterocycles. The molecule has 246 valence electrons. The van der Waals surface area contributed by atoms with Gasteiger partial charge in [-0.1, -0.05) is 162 Å². The van der Waals surface area contributed by atoms with Gasteiger partial charge >= 0.3 is 0 Å². The fourth-order valence-corrected chi connectivity index (χ4v) is 20.4. The molecule has 0 aliphatic heterocycles. The molecule has 6 aromatic carbocycles. The highest BCUT2D eigenvalue weighted by Gasteiger charge is 2.43. The van der Waals surface area contributed by atoms with Crippen molar-refractivity contribution in [3.05, 3.63) is 83.9 Å². The lowest BCUT2D eigenvalue weighted by Gasteiger charge is -2.38. The highest BCUT2D eigenvalue weighted by molar-refractivity contribution is 6.91. The summed E-state index contributed by atoms with van der Waals surface area (Å²) < 4.78 is 0. The minimum atomic E-state index is -1.99. The summed E-state index contributed by atoms with van der Waals surface area (Å²) in [6, 6.07) is 27.5. The van der Waals surface area contributed by atoms with Crippen LogP contribution in [0.1, 0.15) is 94.2 Å². The van der Waals surface area contributed by atoms with Crippen LogP contribution in [0.2, 0.25) is 33.2 Å². The maximum absolute atomic E-state index is 4.14. The number of benzene rings is 6. The maximum Gasteiger partial charge on any atom is 0.146 e. The van der Waals surface area contributed by atoms with Crippen molar-refractivity contribution >= 4 is 70.0 Å². The van der Waals surface area contributed by atoms with Crippen molar-refractivity contribution in [1.29, 1.82) is 0 Å². The second-order valence-electron chi connectivity index (χ2n) is 16.2. The Morgan fingerprint density at radius 1 is 0.375 bits per heavy atom. The standard InChI is InChI=1S/C46H54Si2/c1-29(2)47(30(3)4,31(5)6)26-24-40-38-18-13-14-19-39(38)41(25-27-48(32(7)8,33(9)10)34(11)12)46-42-23-22-36-17-15-16-35-20-21-37(28-43(40)46)45(42)44(35)36/h13-23,28-34H,1-12H3. The first-order valence-corrected chi connectivity index (χ1v) is 22.8. The number of hydrogen-bond donors (Lipinski definition) is 0. The SMILES string of the molecule is CC(C)[Si](C#Cc1c2ccccc2c(C#C[Si](C(C)C)(C(C)C)C(C)C)c2c1cc1ccc3cccc4ccc2c1c34)(C(C)C)C(C)C. The third-order valence-electron chi connectivity index (χ3n) is 12.2. The van der Waals surface area contributed by atoms with E-state index in [1.54, 1.807) is 0 Å². The van der Waals surface area contributed by atoms with Crippen LogP contribution in [0, 0.1) is 22.9 Å². The first-order chi connectivity index (χ1) is 22.8. The molecule has 0 unspecified atom stereocenters. The molecule has 0 aliphatic carbocycles. The Hall–Kier alpha value is -3.57. The van der Waals surface area contributed by atoms with Crippen LogP contribution in [0.4, 0.5) is 0 Å². The van der Waals surface area contributed by atoms with E-state index in [-0.39, 0.29) is 0 Å². The van der Waals surface area contributed by atoms with E-state index in [4.69, 9.17) is 0 Å². The molecule has 0 radical (unpaired) electrons. The van der Waals surface area contributed by atoms with Gasteiger partial charge in [0.2, 0.25) is 0 Å². The van der Waals surface area contributed by atoms with Gasteiger partial charge in [0.1, 0.15) is 16.1 Å². The van der Waals surface area contributed by atoms with E-state index in [2.05, 4.69) is 179 Å². The molecule has 0 heterocycles. The first-order valence-electron chi connectivity index (χ1n) is 18.4. The summed E-state index contributed by atoms with van der Waals surface area (Å²) in [5.74, 6) is 8.00. The normalized spacial score (nSPS) is 13.0. The number of fused-ring (bicyclic) bond motifs is 3. The van der Waals surface area contributed by atoms with Gasteiger partial charge in [0.05, 0.1) is 0 Å². The molecule has 0 atom stereocenters. The maximum atomic E-state index is 4.14. The molecule has 0 amide bonds. The molecule has 0 saturated carbocycles. The van der Waals surface area contributed by atoms with Crippen molar-refractivity contribution in [2.75, 3.05) is 0 Å². The third kappa shape index (κ3) is 5.11. The van der Waals surface area contributed by atoms with E-state index >= 15 is 0 Å². The summed E-state index contributed by atoms with van der Waals surface area (Å²) >= 11 is 0. The van der Waals surface area contributed by atoms with Crippen LogP contribution < -0.4 is 0 Å². The van der Waals surface area contributed by atoms with Gasteiger partial charge in [-0.15, -0.1) is 11.1 Å². The predicted molar refractivity (Wildman–Crippen MR) is 221 cm³/mol. The van der Waals surface area contributed by atoms with Gasteiger partial charge in [-0.2, -0.15) is 0 Å². The van der Waals surface area contributed by atoms with Crippen molar-refractivity contribution in [3.63, 3.8) is 0 Å². The largest absolute Gasteiger partial charge is 0.146 e. The van der Waals surface area contributed by atoms with Crippen LogP contribution >= 0.6 is 0 Å². The average molecular weight is 663 g/mol. The zero-order valence-electron chi connectivity index (χ0n) is 31.4. The zero-order chi connectivity index (χ0) is 34.7. The Labute approximate surface area is 292 Å². The molecule has 0 nitrogen and oxygen atoms in total. The summed E-state index contributed by atoms with van der Waals surface area (Å²) in [4.78, 5) is 0. The Morgan fingerprint density at radius 3 is 1.31 bits per heavy atom. The van der Waals surface area contributed by atoms with E-state index in [0.717, 1.165) is 0 Å². The van der Waals surface area contributed by atoms with Crippen LogP contribution in [0.5, 0.6) is 0 Å².